The topological polar surface area (TPSA) is 96.7 Å². The maximum atomic E-state index is 12.5. The molecule has 0 radical (unpaired) electrons. The van der Waals surface area contributed by atoms with Crippen molar-refractivity contribution >= 4 is 17.7 Å². The number of esters is 1. The monoisotopic (exact) mass is 360 g/mol. The zero-order valence-corrected chi connectivity index (χ0v) is 15.6. The average molecular weight is 360 g/mol. The van der Waals surface area contributed by atoms with Crippen molar-refractivity contribution in [3.63, 3.8) is 0 Å². The van der Waals surface area contributed by atoms with E-state index in [-0.39, 0.29) is 37.4 Å². The molecule has 0 aliphatic heterocycles. The van der Waals surface area contributed by atoms with E-state index < -0.39 is 11.9 Å². The van der Waals surface area contributed by atoms with E-state index in [4.69, 9.17) is 14.7 Å². The maximum Gasteiger partial charge on any atom is 0.316 e. The third kappa shape index (κ3) is 5.88. The van der Waals surface area contributed by atoms with Crippen molar-refractivity contribution in [2.45, 2.75) is 25.7 Å². The highest BCUT2D eigenvalue weighted by molar-refractivity contribution is 6.00. The van der Waals surface area contributed by atoms with Crippen molar-refractivity contribution in [1.82, 2.24) is 4.90 Å². The molecule has 140 valence electrons. The lowest BCUT2D eigenvalue weighted by molar-refractivity contribution is -0.150. The van der Waals surface area contributed by atoms with Crippen molar-refractivity contribution in [3.8, 4) is 11.8 Å². The number of hydrogen-bond donors (Lipinski definition) is 0. The molecule has 0 fully saturated rings. The van der Waals surface area contributed by atoms with Crippen LogP contribution in [0.25, 0.3) is 0 Å². The van der Waals surface area contributed by atoms with Crippen LogP contribution in [0.3, 0.4) is 0 Å². The van der Waals surface area contributed by atoms with E-state index >= 15 is 0 Å². The number of Topliss-reactive ketones (excluding diaryl/α,β-unsaturated/α-hetero) is 1. The molecule has 0 spiro atoms. The Morgan fingerprint density at radius 3 is 2.42 bits per heavy atom. The van der Waals surface area contributed by atoms with Gasteiger partial charge in [-0.1, -0.05) is 12.1 Å². The number of ketones is 1. The molecule has 0 heterocycles. The minimum absolute atomic E-state index is 0.0327. The molecular weight excluding hydrogens is 336 g/mol. The predicted octanol–water partition coefficient (Wildman–Crippen LogP) is 1.53. The summed E-state index contributed by atoms with van der Waals surface area (Å²) in [6.07, 6.45) is 0.289. The van der Waals surface area contributed by atoms with E-state index in [0.717, 1.165) is 5.56 Å². The van der Waals surface area contributed by atoms with Crippen LogP contribution in [0.5, 0.6) is 5.75 Å². The summed E-state index contributed by atoms with van der Waals surface area (Å²) in [7, 11) is 5.93. The number of hydrogen-bond acceptors (Lipinski definition) is 6. The van der Waals surface area contributed by atoms with Gasteiger partial charge in [0.15, 0.2) is 0 Å². The van der Waals surface area contributed by atoms with E-state index in [9.17, 15) is 14.4 Å². The second-order valence-corrected chi connectivity index (χ2v) is 6.02. The van der Waals surface area contributed by atoms with E-state index in [0.29, 0.717) is 11.3 Å². The zero-order chi connectivity index (χ0) is 19.7. The Kier molecular flexibility index (Phi) is 8.29. The fourth-order valence-corrected chi connectivity index (χ4v) is 2.51. The molecule has 0 aliphatic rings. The molecule has 7 nitrogen and oxygen atoms in total. The standard InChI is InChI=1S/C19H24N2O5/c1-21(2)18(23)8-6-16(22)15(19(24)26-4)12-14-11-13(9-10-20)5-7-17(14)25-3/h5,7,11,15H,6,8-9,12H2,1-4H3. The highest BCUT2D eigenvalue weighted by atomic mass is 16.5. The van der Waals surface area contributed by atoms with Gasteiger partial charge in [0, 0.05) is 26.9 Å². The number of ether oxygens (including phenoxy) is 2. The summed E-state index contributed by atoms with van der Waals surface area (Å²) in [5, 5.41) is 8.85. The van der Waals surface area contributed by atoms with E-state index in [1.807, 2.05) is 0 Å². The SMILES string of the molecule is COC(=O)C(Cc1cc(CC#N)ccc1OC)C(=O)CCC(=O)N(C)C. The largest absolute Gasteiger partial charge is 0.496 e. The minimum Gasteiger partial charge on any atom is -0.496 e. The van der Waals surface area contributed by atoms with Gasteiger partial charge in [-0.15, -0.1) is 0 Å². The van der Waals surface area contributed by atoms with Gasteiger partial charge in [0.2, 0.25) is 5.91 Å². The molecule has 0 saturated heterocycles. The first-order chi connectivity index (χ1) is 12.3. The first-order valence-electron chi connectivity index (χ1n) is 8.17. The predicted molar refractivity (Wildman–Crippen MR) is 94.5 cm³/mol. The molecule has 1 amide bonds. The van der Waals surface area contributed by atoms with Crippen LogP contribution >= 0.6 is 0 Å². The van der Waals surface area contributed by atoms with Crippen LogP contribution in [0.4, 0.5) is 0 Å². The lowest BCUT2D eigenvalue weighted by atomic mass is 9.91. The Morgan fingerprint density at radius 1 is 1.19 bits per heavy atom. The molecule has 0 bridgehead atoms. The lowest BCUT2D eigenvalue weighted by Crippen LogP contribution is -2.29. The van der Waals surface area contributed by atoms with Gasteiger partial charge < -0.3 is 14.4 Å². The van der Waals surface area contributed by atoms with E-state index in [1.165, 1.54) is 19.1 Å². The van der Waals surface area contributed by atoms with Gasteiger partial charge >= 0.3 is 5.97 Å². The van der Waals surface area contributed by atoms with Crippen molar-refractivity contribution in [3.05, 3.63) is 29.3 Å². The highest BCUT2D eigenvalue weighted by Crippen LogP contribution is 2.25. The zero-order valence-electron chi connectivity index (χ0n) is 15.6. The fourth-order valence-electron chi connectivity index (χ4n) is 2.51. The Balaban J connectivity index is 3.02. The first-order valence-corrected chi connectivity index (χ1v) is 8.17. The number of methoxy groups -OCH3 is 2. The Hall–Kier alpha value is -2.88. The number of nitrogens with zero attached hydrogens (tertiary/aromatic N) is 2. The number of rotatable bonds is 9. The molecule has 1 aromatic rings. The summed E-state index contributed by atoms with van der Waals surface area (Å²) < 4.78 is 10.1. The minimum atomic E-state index is -1.03. The molecule has 0 saturated carbocycles. The van der Waals surface area contributed by atoms with Crippen molar-refractivity contribution in [1.29, 1.82) is 5.26 Å². The van der Waals surface area contributed by atoms with Crippen molar-refractivity contribution in [2.24, 2.45) is 5.92 Å². The first kappa shape index (κ1) is 21.2. The molecule has 1 aromatic carbocycles. The van der Waals surface area contributed by atoms with Crippen LogP contribution in [0, 0.1) is 17.2 Å². The van der Waals surface area contributed by atoms with Crippen molar-refractivity contribution < 1.29 is 23.9 Å². The second-order valence-electron chi connectivity index (χ2n) is 6.02. The lowest BCUT2D eigenvalue weighted by Gasteiger charge is -2.17. The van der Waals surface area contributed by atoms with Gasteiger partial charge in [0.25, 0.3) is 0 Å². The molecule has 7 heteroatoms. The Labute approximate surface area is 153 Å². The average Bonchev–Trinajstić information content (AvgIpc) is 2.63. The van der Waals surface area contributed by atoms with E-state index in [2.05, 4.69) is 6.07 Å². The molecule has 26 heavy (non-hydrogen) atoms. The second kappa shape index (κ2) is 10.2. The summed E-state index contributed by atoms with van der Waals surface area (Å²) in [5.74, 6) is -1.70. The van der Waals surface area contributed by atoms with Gasteiger partial charge in [0.05, 0.1) is 26.7 Å². The number of nitriles is 1. The van der Waals surface area contributed by atoms with Crippen LogP contribution in [0.15, 0.2) is 18.2 Å². The van der Waals surface area contributed by atoms with Crippen molar-refractivity contribution in [2.75, 3.05) is 28.3 Å². The summed E-state index contributed by atoms with van der Waals surface area (Å²) in [6, 6.07) is 7.27. The van der Waals surface area contributed by atoms with Gasteiger partial charge in [-0.2, -0.15) is 5.26 Å². The molecule has 1 unspecified atom stereocenters. The molecule has 0 aromatic heterocycles. The Morgan fingerprint density at radius 2 is 1.88 bits per heavy atom. The number of amides is 1. The molecule has 0 N–H and O–H groups in total. The summed E-state index contributed by atoms with van der Waals surface area (Å²) in [4.78, 5) is 37.7. The normalized spacial score (nSPS) is 11.2. The summed E-state index contributed by atoms with van der Waals surface area (Å²) in [6.45, 7) is 0. The van der Waals surface area contributed by atoms with Crippen LogP contribution in [-0.2, 0) is 32.0 Å². The number of carbonyl (C=O) groups is 3. The quantitative estimate of drug-likeness (QED) is 0.489. The summed E-state index contributed by atoms with van der Waals surface area (Å²) >= 11 is 0. The number of carbonyl (C=O) groups excluding carboxylic acids is 3. The molecule has 1 rings (SSSR count). The van der Waals surface area contributed by atoms with E-state index in [1.54, 1.807) is 32.3 Å². The Bertz CT molecular complexity index is 706. The summed E-state index contributed by atoms with van der Waals surface area (Å²) in [5.41, 5.74) is 1.41. The third-order valence-corrected chi connectivity index (χ3v) is 4.01. The molecule has 0 aliphatic carbocycles. The highest BCUT2D eigenvalue weighted by Gasteiger charge is 2.29. The smallest absolute Gasteiger partial charge is 0.316 e. The van der Waals surface area contributed by atoms with Crippen LogP contribution in [-0.4, -0.2) is 50.9 Å². The number of benzene rings is 1. The van der Waals surface area contributed by atoms with Gasteiger partial charge in [-0.05, 0) is 23.6 Å². The fraction of sp³-hybridized carbons (Fsp3) is 0.474. The maximum absolute atomic E-state index is 12.5. The van der Waals surface area contributed by atoms with Gasteiger partial charge in [0.1, 0.15) is 17.5 Å². The van der Waals surface area contributed by atoms with Crippen LogP contribution in [0.2, 0.25) is 0 Å². The molecule has 1 atom stereocenters. The third-order valence-electron chi connectivity index (χ3n) is 4.01. The van der Waals surface area contributed by atoms with Crippen LogP contribution < -0.4 is 4.74 Å². The van der Waals surface area contributed by atoms with Crippen LogP contribution in [0.1, 0.15) is 24.0 Å². The van der Waals surface area contributed by atoms with Gasteiger partial charge in [-0.3, -0.25) is 14.4 Å². The van der Waals surface area contributed by atoms with Gasteiger partial charge in [-0.25, -0.2) is 0 Å². The molecular formula is C19H24N2O5.